The van der Waals surface area contributed by atoms with Crippen LogP contribution in [0.3, 0.4) is 0 Å². The summed E-state index contributed by atoms with van der Waals surface area (Å²) in [5.74, 6) is 0.863. The van der Waals surface area contributed by atoms with Gasteiger partial charge in [-0.3, -0.25) is 0 Å². The van der Waals surface area contributed by atoms with E-state index >= 15 is 0 Å². The molecule has 2 atom stereocenters. The average Bonchev–Trinajstić information content (AvgIpc) is 2.35. The van der Waals surface area contributed by atoms with Crippen molar-refractivity contribution in [3.8, 4) is 0 Å². The smallest absolute Gasteiger partial charge is 0.178 e. The lowest BCUT2D eigenvalue weighted by Gasteiger charge is -2.35. The number of halogens is 2. The summed E-state index contributed by atoms with van der Waals surface area (Å²) in [6.07, 6.45) is 1.87. The van der Waals surface area contributed by atoms with E-state index in [1.165, 1.54) is 19.3 Å². The van der Waals surface area contributed by atoms with Gasteiger partial charge in [-0.15, -0.1) is 0 Å². The van der Waals surface area contributed by atoms with Gasteiger partial charge in [0.05, 0.1) is 10.0 Å². The maximum atomic E-state index is 9.55. The maximum absolute atomic E-state index is 9.55. The highest BCUT2D eigenvalue weighted by molar-refractivity contribution is 6.42. The minimum Gasteiger partial charge on any atom is -0.388 e. The van der Waals surface area contributed by atoms with Crippen molar-refractivity contribution < 1.29 is 15.3 Å². The zero-order valence-electron chi connectivity index (χ0n) is 11.2. The van der Waals surface area contributed by atoms with Crippen molar-refractivity contribution in [2.24, 2.45) is 5.92 Å². The molecule has 0 bridgehead atoms. The van der Waals surface area contributed by atoms with Gasteiger partial charge in [0, 0.05) is 0 Å². The van der Waals surface area contributed by atoms with Gasteiger partial charge in [0.2, 0.25) is 0 Å². The summed E-state index contributed by atoms with van der Waals surface area (Å²) in [7, 11) is 0. The summed E-state index contributed by atoms with van der Waals surface area (Å²) in [5, 5.41) is 28.5. The van der Waals surface area contributed by atoms with Crippen LogP contribution >= 0.6 is 23.2 Å². The van der Waals surface area contributed by atoms with Crippen LogP contribution in [0.25, 0.3) is 0 Å². The van der Waals surface area contributed by atoms with E-state index in [2.05, 4.69) is 0 Å². The Morgan fingerprint density at radius 2 is 1.75 bits per heavy atom. The Bertz CT molecular complexity index is 447. The van der Waals surface area contributed by atoms with E-state index in [0.29, 0.717) is 28.8 Å². The molecule has 112 valence electrons. The molecule has 0 aromatic heterocycles. The summed E-state index contributed by atoms with van der Waals surface area (Å²) >= 11 is 12.0. The van der Waals surface area contributed by atoms with Crippen molar-refractivity contribution in [2.45, 2.75) is 50.4 Å². The summed E-state index contributed by atoms with van der Waals surface area (Å²) in [4.78, 5) is 0. The van der Waals surface area contributed by atoms with Crippen LogP contribution in [0.5, 0.6) is 0 Å². The predicted molar refractivity (Wildman–Crippen MR) is 80.0 cm³/mol. The third kappa shape index (κ3) is 3.86. The molecule has 0 radical (unpaired) electrons. The summed E-state index contributed by atoms with van der Waals surface area (Å²) in [5.41, 5.74) is 1.11. The van der Waals surface area contributed by atoms with Crippen molar-refractivity contribution in [1.82, 2.24) is 0 Å². The second kappa shape index (κ2) is 7.10. The first-order chi connectivity index (χ1) is 9.49. The van der Waals surface area contributed by atoms with Crippen LogP contribution in [0, 0.1) is 5.92 Å². The highest BCUT2D eigenvalue weighted by Gasteiger charge is 2.29. The molecule has 1 aromatic carbocycles. The van der Waals surface area contributed by atoms with E-state index in [4.69, 9.17) is 33.4 Å². The molecule has 2 rings (SSSR count). The molecule has 0 heterocycles. The molecule has 1 saturated carbocycles. The SMILES string of the molecule is OC(O)C(O)CCC(c1ccc(Cl)c(Cl)c1)C1CCC1. The molecule has 1 aromatic rings. The zero-order valence-corrected chi connectivity index (χ0v) is 12.7. The van der Waals surface area contributed by atoms with Crippen molar-refractivity contribution in [3.05, 3.63) is 33.8 Å². The first kappa shape index (κ1) is 16.1. The fourth-order valence-electron chi connectivity index (χ4n) is 2.76. The average molecular weight is 319 g/mol. The van der Waals surface area contributed by atoms with Gasteiger partial charge in [0.1, 0.15) is 6.10 Å². The molecule has 0 aliphatic heterocycles. The normalized spacial score (nSPS) is 18.9. The number of aliphatic hydroxyl groups is 3. The van der Waals surface area contributed by atoms with E-state index in [1.54, 1.807) is 6.07 Å². The number of hydrogen-bond acceptors (Lipinski definition) is 3. The monoisotopic (exact) mass is 318 g/mol. The van der Waals surface area contributed by atoms with Gasteiger partial charge in [0.15, 0.2) is 6.29 Å². The van der Waals surface area contributed by atoms with Gasteiger partial charge in [-0.2, -0.15) is 0 Å². The standard InChI is InChI=1S/C15H20Cl2O3/c16-12-6-4-10(8-13(12)17)11(9-2-1-3-9)5-7-14(18)15(19)20/h4,6,8-9,11,14-15,18-20H,1-3,5,7H2. The van der Waals surface area contributed by atoms with Crippen molar-refractivity contribution in [1.29, 1.82) is 0 Å². The fraction of sp³-hybridized carbons (Fsp3) is 0.600. The highest BCUT2D eigenvalue weighted by Crippen LogP contribution is 2.43. The van der Waals surface area contributed by atoms with E-state index in [0.717, 1.165) is 5.56 Å². The van der Waals surface area contributed by atoms with Crippen LogP contribution in [0.15, 0.2) is 18.2 Å². The van der Waals surface area contributed by atoms with Crippen LogP contribution in [-0.2, 0) is 0 Å². The Morgan fingerprint density at radius 1 is 1.05 bits per heavy atom. The molecule has 1 fully saturated rings. The Hall–Kier alpha value is -0.320. The van der Waals surface area contributed by atoms with Crippen LogP contribution in [0.1, 0.15) is 43.6 Å². The molecule has 3 N–H and O–H groups in total. The van der Waals surface area contributed by atoms with Crippen LogP contribution in [0.2, 0.25) is 10.0 Å². The topological polar surface area (TPSA) is 60.7 Å². The largest absolute Gasteiger partial charge is 0.388 e. The van der Waals surface area contributed by atoms with Gasteiger partial charge in [-0.1, -0.05) is 35.7 Å². The van der Waals surface area contributed by atoms with Crippen LogP contribution in [0.4, 0.5) is 0 Å². The molecule has 5 heteroatoms. The lowest BCUT2D eigenvalue weighted by Crippen LogP contribution is -2.27. The molecule has 2 unspecified atom stereocenters. The highest BCUT2D eigenvalue weighted by atomic mass is 35.5. The van der Waals surface area contributed by atoms with Gasteiger partial charge >= 0.3 is 0 Å². The molecular formula is C15H20Cl2O3. The molecule has 0 saturated heterocycles. The van der Waals surface area contributed by atoms with Crippen LogP contribution in [-0.4, -0.2) is 27.7 Å². The van der Waals surface area contributed by atoms with E-state index in [-0.39, 0.29) is 5.92 Å². The van der Waals surface area contributed by atoms with Gasteiger partial charge in [-0.05, 0) is 55.2 Å². The molecule has 0 spiro atoms. The van der Waals surface area contributed by atoms with Gasteiger partial charge in [-0.25, -0.2) is 0 Å². The van der Waals surface area contributed by atoms with Crippen molar-refractivity contribution in [2.75, 3.05) is 0 Å². The van der Waals surface area contributed by atoms with E-state index in [1.807, 2.05) is 12.1 Å². The van der Waals surface area contributed by atoms with E-state index in [9.17, 15) is 5.11 Å². The van der Waals surface area contributed by atoms with Gasteiger partial charge < -0.3 is 15.3 Å². The lowest BCUT2D eigenvalue weighted by atomic mass is 9.71. The zero-order chi connectivity index (χ0) is 14.7. The second-order valence-corrected chi connectivity index (χ2v) is 6.34. The molecule has 3 nitrogen and oxygen atoms in total. The second-order valence-electron chi connectivity index (χ2n) is 5.53. The molecule has 0 amide bonds. The van der Waals surface area contributed by atoms with Gasteiger partial charge in [0.25, 0.3) is 0 Å². The number of hydrogen-bond donors (Lipinski definition) is 3. The Morgan fingerprint density at radius 3 is 2.25 bits per heavy atom. The number of rotatable bonds is 6. The fourth-order valence-corrected chi connectivity index (χ4v) is 3.07. The Kier molecular flexibility index (Phi) is 5.70. The summed E-state index contributed by atoms with van der Waals surface area (Å²) in [6.45, 7) is 0. The molecular weight excluding hydrogens is 299 g/mol. The maximum Gasteiger partial charge on any atom is 0.178 e. The Balaban J connectivity index is 2.08. The first-order valence-electron chi connectivity index (χ1n) is 6.98. The molecule has 1 aliphatic carbocycles. The molecule has 20 heavy (non-hydrogen) atoms. The van der Waals surface area contributed by atoms with E-state index < -0.39 is 12.4 Å². The predicted octanol–water partition coefficient (Wildman–Crippen LogP) is 3.33. The quantitative estimate of drug-likeness (QED) is 0.705. The minimum absolute atomic E-state index is 0.284. The first-order valence-corrected chi connectivity index (χ1v) is 7.73. The Labute approximate surface area is 129 Å². The number of benzene rings is 1. The third-order valence-corrected chi connectivity index (χ3v) is 4.95. The summed E-state index contributed by atoms with van der Waals surface area (Å²) in [6, 6.07) is 5.65. The third-order valence-electron chi connectivity index (χ3n) is 4.21. The minimum atomic E-state index is -1.68. The number of aliphatic hydroxyl groups excluding tert-OH is 2. The summed E-state index contributed by atoms with van der Waals surface area (Å²) < 4.78 is 0. The lowest BCUT2D eigenvalue weighted by molar-refractivity contribution is -0.124. The van der Waals surface area contributed by atoms with Crippen molar-refractivity contribution >= 4 is 23.2 Å². The van der Waals surface area contributed by atoms with Crippen LogP contribution < -0.4 is 0 Å². The molecule has 1 aliphatic rings. The van der Waals surface area contributed by atoms with Crippen molar-refractivity contribution in [3.63, 3.8) is 0 Å².